The lowest BCUT2D eigenvalue weighted by Gasteiger charge is -2.35. The van der Waals surface area contributed by atoms with E-state index < -0.39 is 0 Å². The van der Waals surface area contributed by atoms with Crippen molar-refractivity contribution in [2.75, 3.05) is 39.3 Å². The van der Waals surface area contributed by atoms with E-state index in [1.54, 1.807) is 0 Å². The molecule has 1 aromatic heterocycles. The van der Waals surface area contributed by atoms with Crippen LogP contribution in [0.2, 0.25) is 0 Å². The number of carbonyl (C=O) groups is 1. The molecule has 136 valence electrons. The van der Waals surface area contributed by atoms with Crippen molar-refractivity contribution in [3.8, 4) is 0 Å². The van der Waals surface area contributed by atoms with E-state index in [4.69, 9.17) is 4.74 Å². The molecule has 1 atom stereocenters. The summed E-state index contributed by atoms with van der Waals surface area (Å²) in [5.74, 6) is 0.230. The van der Waals surface area contributed by atoms with E-state index in [9.17, 15) is 4.79 Å². The summed E-state index contributed by atoms with van der Waals surface area (Å²) in [7, 11) is 0. The molecular formula is C18H32N4O2. The molecule has 6 nitrogen and oxygen atoms in total. The third kappa shape index (κ3) is 5.31. The van der Waals surface area contributed by atoms with E-state index in [0.29, 0.717) is 6.42 Å². The largest absolute Gasteiger partial charge is 0.377 e. The Labute approximate surface area is 145 Å². The lowest BCUT2D eigenvalue weighted by atomic mass is 10.2. The second-order valence-electron chi connectivity index (χ2n) is 7.07. The zero-order valence-corrected chi connectivity index (χ0v) is 15.8. The summed E-state index contributed by atoms with van der Waals surface area (Å²) in [6.45, 7) is 15.4. The number of hydrogen-bond donors (Lipinski definition) is 0. The zero-order valence-electron chi connectivity index (χ0n) is 15.8. The Morgan fingerprint density at radius 1 is 1.21 bits per heavy atom. The summed E-state index contributed by atoms with van der Waals surface area (Å²) in [4.78, 5) is 16.9. The molecule has 6 heteroatoms. The van der Waals surface area contributed by atoms with E-state index in [1.807, 2.05) is 23.4 Å². The van der Waals surface area contributed by atoms with Crippen LogP contribution in [0.5, 0.6) is 0 Å². The fourth-order valence-corrected chi connectivity index (χ4v) is 3.20. The van der Waals surface area contributed by atoms with Crippen LogP contribution < -0.4 is 0 Å². The summed E-state index contributed by atoms with van der Waals surface area (Å²) < 4.78 is 7.57. The van der Waals surface area contributed by atoms with Gasteiger partial charge in [0.1, 0.15) is 0 Å². The number of amides is 1. The molecule has 0 aromatic carbocycles. The summed E-state index contributed by atoms with van der Waals surface area (Å²) in [6, 6.07) is 2.16. The standard InChI is InChI=1S/C18H32N4O2/c1-14(2)24-11-10-20-6-8-21(9-7-20)18(23)13-17(5)22-16(4)12-15(3)19-22/h12,14,17H,6-11,13H2,1-5H3/t17-/m0/s1. The fraction of sp³-hybridized carbons (Fsp3) is 0.778. The maximum absolute atomic E-state index is 12.6. The van der Waals surface area contributed by atoms with Crippen molar-refractivity contribution >= 4 is 5.91 Å². The summed E-state index contributed by atoms with van der Waals surface area (Å²) in [6.07, 6.45) is 0.794. The second-order valence-corrected chi connectivity index (χ2v) is 7.07. The average Bonchev–Trinajstić information content (AvgIpc) is 2.86. The molecule has 0 bridgehead atoms. The van der Waals surface area contributed by atoms with Crippen LogP contribution in [0, 0.1) is 13.8 Å². The van der Waals surface area contributed by atoms with Crippen LogP contribution in [0.1, 0.15) is 44.6 Å². The highest BCUT2D eigenvalue weighted by atomic mass is 16.5. The summed E-state index contributed by atoms with van der Waals surface area (Å²) in [5.41, 5.74) is 2.12. The smallest absolute Gasteiger partial charge is 0.224 e. The third-order valence-electron chi connectivity index (χ3n) is 4.52. The van der Waals surface area contributed by atoms with Crippen LogP contribution >= 0.6 is 0 Å². The number of aryl methyl sites for hydroxylation is 2. The molecule has 0 aliphatic carbocycles. The summed E-state index contributed by atoms with van der Waals surface area (Å²) in [5, 5.41) is 4.49. The van der Waals surface area contributed by atoms with Gasteiger partial charge in [0, 0.05) is 44.8 Å². The van der Waals surface area contributed by atoms with Gasteiger partial charge in [0.2, 0.25) is 5.91 Å². The predicted octanol–water partition coefficient (Wildman–Crippen LogP) is 2.02. The Hall–Kier alpha value is -1.40. The first-order valence-electron chi connectivity index (χ1n) is 9.01. The molecule has 1 aliphatic rings. The fourth-order valence-electron chi connectivity index (χ4n) is 3.20. The Bertz CT molecular complexity index is 533. The predicted molar refractivity (Wildman–Crippen MR) is 95.1 cm³/mol. The van der Waals surface area contributed by atoms with Crippen molar-refractivity contribution in [1.82, 2.24) is 19.6 Å². The van der Waals surface area contributed by atoms with E-state index >= 15 is 0 Å². The van der Waals surface area contributed by atoms with E-state index in [1.165, 1.54) is 0 Å². The molecule has 2 heterocycles. The Morgan fingerprint density at radius 2 is 1.88 bits per heavy atom. The van der Waals surface area contributed by atoms with Gasteiger partial charge < -0.3 is 9.64 Å². The Morgan fingerprint density at radius 3 is 2.42 bits per heavy atom. The number of rotatable bonds is 7. The van der Waals surface area contributed by atoms with Gasteiger partial charge >= 0.3 is 0 Å². The van der Waals surface area contributed by atoms with Crippen LogP contribution in [-0.2, 0) is 9.53 Å². The molecular weight excluding hydrogens is 304 g/mol. The molecule has 0 N–H and O–H groups in total. The number of carbonyl (C=O) groups excluding carboxylic acids is 1. The topological polar surface area (TPSA) is 50.6 Å². The second kappa shape index (κ2) is 8.62. The van der Waals surface area contributed by atoms with Gasteiger partial charge in [0.05, 0.1) is 24.4 Å². The zero-order chi connectivity index (χ0) is 17.7. The molecule has 0 radical (unpaired) electrons. The highest BCUT2D eigenvalue weighted by Gasteiger charge is 2.23. The normalized spacial score (nSPS) is 17.5. The monoisotopic (exact) mass is 336 g/mol. The van der Waals surface area contributed by atoms with Crippen molar-refractivity contribution in [1.29, 1.82) is 0 Å². The van der Waals surface area contributed by atoms with Gasteiger partial charge in [-0.3, -0.25) is 14.4 Å². The van der Waals surface area contributed by atoms with Gasteiger partial charge in [-0.1, -0.05) is 0 Å². The lowest BCUT2D eigenvalue weighted by Crippen LogP contribution is -2.49. The van der Waals surface area contributed by atoms with Gasteiger partial charge in [-0.25, -0.2) is 0 Å². The number of aromatic nitrogens is 2. The van der Waals surface area contributed by atoms with Crippen molar-refractivity contribution < 1.29 is 9.53 Å². The van der Waals surface area contributed by atoms with Crippen molar-refractivity contribution in [2.24, 2.45) is 0 Å². The molecule has 0 spiro atoms. The Balaban J connectivity index is 1.75. The number of piperazine rings is 1. The van der Waals surface area contributed by atoms with Gasteiger partial charge in [0.15, 0.2) is 0 Å². The third-order valence-corrected chi connectivity index (χ3v) is 4.52. The van der Waals surface area contributed by atoms with Crippen molar-refractivity contribution in [3.05, 3.63) is 17.5 Å². The molecule has 2 rings (SSSR count). The Kier molecular flexibility index (Phi) is 6.80. The van der Waals surface area contributed by atoms with Gasteiger partial charge in [-0.05, 0) is 40.7 Å². The SMILES string of the molecule is Cc1cc(C)n([C@@H](C)CC(=O)N2CCN(CCOC(C)C)CC2)n1. The van der Waals surface area contributed by atoms with Crippen molar-refractivity contribution in [3.63, 3.8) is 0 Å². The van der Waals surface area contributed by atoms with Gasteiger partial charge in [0.25, 0.3) is 0 Å². The quantitative estimate of drug-likeness (QED) is 0.764. The first-order chi connectivity index (χ1) is 11.4. The van der Waals surface area contributed by atoms with Crippen LogP contribution in [0.4, 0.5) is 0 Å². The minimum Gasteiger partial charge on any atom is -0.377 e. The first kappa shape index (κ1) is 18.9. The molecule has 24 heavy (non-hydrogen) atoms. The van der Waals surface area contributed by atoms with Gasteiger partial charge in [-0.2, -0.15) is 5.10 Å². The first-order valence-corrected chi connectivity index (χ1v) is 9.01. The molecule has 1 aromatic rings. The maximum Gasteiger partial charge on any atom is 0.224 e. The van der Waals surface area contributed by atoms with Crippen molar-refractivity contribution in [2.45, 2.75) is 53.2 Å². The number of ether oxygens (including phenoxy) is 1. The van der Waals surface area contributed by atoms with Crippen LogP contribution in [-0.4, -0.2) is 70.9 Å². The minimum absolute atomic E-state index is 0.101. The molecule has 1 amide bonds. The number of hydrogen-bond acceptors (Lipinski definition) is 4. The maximum atomic E-state index is 12.6. The van der Waals surface area contributed by atoms with Crippen LogP contribution in [0.3, 0.4) is 0 Å². The van der Waals surface area contributed by atoms with E-state index in [2.05, 4.69) is 36.8 Å². The highest BCUT2D eigenvalue weighted by molar-refractivity contribution is 5.76. The van der Waals surface area contributed by atoms with E-state index in [-0.39, 0.29) is 18.1 Å². The molecule has 1 aliphatic heterocycles. The molecule has 1 saturated heterocycles. The van der Waals surface area contributed by atoms with Crippen LogP contribution in [0.15, 0.2) is 6.07 Å². The highest BCUT2D eigenvalue weighted by Crippen LogP contribution is 2.16. The molecule has 0 saturated carbocycles. The van der Waals surface area contributed by atoms with Gasteiger partial charge in [-0.15, -0.1) is 0 Å². The van der Waals surface area contributed by atoms with E-state index in [0.717, 1.165) is 50.7 Å². The molecule has 1 fully saturated rings. The minimum atomic E-state index is 0.101. The average molecular weight is 336 g/mol. The van der Waals surface area contributed by atoms with Crippen LogP contribution in [0.25, 0.3) is 0 Å². The number of nitrogens with zero attached hydrogens (tertiary/aromatic N) is 4. The molecule has 0 unspecified atom stereocenters. The summed E-state index contributed by atoms with van der Waals surface area (Å²) >= 11 is 0. The lowest BCUT2D eigenvalue weighted by molar-refractivity contribution is -0.133.